The SMILES string of the molecule is CCOC(=O)C1=C(C)NC2=C(C(=O)[C@H](C(=O)OCC)[C@@H](c3cccc(OC)c3)C2)[C@H]1c1cccc(OC)c1. The molecule has 1 aliphatic carbocycles. The smallest absolute Gasteiger partial charge is 0.336 e. The van der Waals surface area contributed by atoms with Crippen LogP contribution in [0.5, 0.6) is 11.5 Å². The quantitative estimate of drug-likeness (QED) is 0.404. The molecule has 2 aromatic carbocycles. The number of hydrogen-bond donors (Lipinski definition) is 1. The maximum atomic E-state index is 14.3. The summed E-state index contributed by atoms with van der Waals surface area (Å²) in [5.41, 5.74) is 3.44. The Labute approximate surface area is 222 Å². The summed E-state index contributed by atoms with van der Waals surface area (Å²) in [6.07, 6.45) is 0.367. The van der Waals surface area contributed by atoms with Crippen molar-refractivity contribution in [3.8, 4) is 11.5 Å². The number of esters is 2. The lowest BCUT2D eigenvalue weighted by atomic mass is 9.67. The lowest BCUT2D eigenvalue weighted by Crippen LogP contribution is -2.43. The van der Waals surface area contributed by atoms with Crippen molar-refractivity contribution < 1.29 is 33.3 Å². The molecule has 0 saturated heterocycles. The second kappa shape index (κ2) is 11.5. The molecule has 4 rings (SSSR count). The molecule has 0 radical (unpaired) electrons. The molecular formula is C30H33NO7. The average Bonchev–Trinajstić information content (AvgIpc) is 2.92. The van der Waals surface area contributed by atoms with E-state index in [0.717, 1.165) is 5.56 Å². The molecule has 0 bridgehead atoms. The van der Waals surface area contributed by atoms with Gasteiger partial charge in [-0.15, -0.1) is 0 Å². The number of methoxy groups -OCH3 is 2. The van der Waals surface area contributed by atoms with E-state index in [9.17, 15) is 14.4 Å². The molecule has 0 amide bonds. The zero-order chi connectivity index (χ0) is 27.4. The van der Waals surface area contributed by atoms with Gasteiger partial charge in [-0.05, 0) is 62.6 Å². The number of Topliss-reactive ketones (excluding diaryl/α,β-unsaturated/α-hetero) is 1. The highest BCUT2D eigenvalue weighted by Crippen LogP contribution is 2.48. The zero-order valence-corrected chi connectivity index (χ0v) is 22.3. The van der Waals surface area contributed by atoms with Crippen LogP contribution in [0, 0.1) is 5.92 Å². The minimum atomic E-state index is -1.09. The van der Waals surface area contributed by atoms with Gasteiger partial charge in [0, 0.05) is 28.8 Å². The van der Waals surface area contributed by atoms with Crippen molar-refractivity contribution in [2.24, 2.45) is 5.92 Å². The number of benzene rings is 2. The van der Waals surface area contributed by atoms with E-state index >= 15 is 0 Å². The van der Waals surface area contributed by atoms with Crippen molar-refractivity contribution in [2.75, 3.05) is 27.4 Å². The van der Waals surface area contributed by atoms with E-state index in [1.165, 1.54) is 0 Å². The monoisotopic (exact) mass is 519 g/mol. The Morgan fingerprint density at radius 2 is 1.53 bits per heavy atom. The molecule has 8 nitrogen and oxygen atoms in total. The van der Waals surface area contributed by atoms with Crippen LogP contribution in [0.15, 0.2) is 71.1 Å². The molecule has 1 N–H and O–H groups in total. The van der Waals surface area contributed by atoms with Crippen LogP contribution in [0.25, 0.3) is 0 Å². The van der Waals surface area contributed by atoms with Crippen LogP contribution in [-0.2, 0) is 23.9 Å². The van der Waals surface area contributed by atoms with Gasteiger partial charge in [0.1, 0.15) is 17.4 Å². The Hall–Kier alpha value is -4.07. The fourth-order valence-corrected chi connectivity index (χ4v) is 5.36. The maximum Gasteiger partial charge on any atom is 0.336 e. The number of nitrogens with one attached hydrogen (secondary N) is 1. The lowest BCUT2D eigenvalue weighted by Gasteiger charge is -2.39. The fourth-order valence-electron chi connectivity index (χ4n) is 5.36. The van der Waals surface area contributed by atoms with Crippen LogP contribution >= 0.6 is 0 Å². The molecule has 3 atom stereocenters. The number of ketones is 1. The molecular weight excluding hydrogens is 486 g/mol. The van der Waals surface area contributed by atoms with Gasteiger partial charge in [-0.25, -0.2) is 4.79 Å². The predicted molar refractivity (Wildman–Crippen MR) is 141 cm³/mol. The van der Waals surface area contributed by atoms with E-state index in [-0.39, 0.29) is 19.0 Å². The normalized spacial score (nSPS) is 20.9. The molecule has 8 heteroatoms. The number of ether oxygens (including phenoxy) is 4. The first kappa shape index (κ1) is 27.0. The van der Waals surface area contributed by atoms with E-state index in [0.29, 0.717) is 46.0 Å². The van der Waals surface area contributed by atoms with Gasteiger partial charge in [0.05, 0.1) is 33.0 Å². The van der Waals surface area contributed by atoms with Crippen LogP contribution in [0.4, 0.5) is 0 Å². The van der Waals surface area contributed by atoms with Gasteiger partial charge in [-0.3, -0.25) is 9.59 Å². The molecule has 2 aromatic rings. The molecule has 1 aliphatic heterocycles. The number of rotatable bonds is 8. The number of allylic oxidation sites excluding steroid dienone is 3. The number of hydrogen-bond acceptors (Lipinski definition) is 8. The van der Waals surface area contributed by atoms with E-state index in [2.05, 4.69) is 5.32 Å². The third-order valence-corrected chi connectivity index (χ3v) is 7.00. The molecule has 0 saturated carbocycles. The largest absolute Gasteiger partial charge is 0.497 e. The summed E-state index contributed by atoms with van der Waals surface area (Å²) in [6.45, 7) is 5.57. The Morgan fingerprint density at radius 3 is 2.13 bits per heavy atom. The van der Waals surface area contributed by atoms with Gasteiger partial charge in [0.25, 0.3) is 0 Å². The highest BCUT2D eigenvalue weighted by atomic mass is 16.5. The van der Waals surface area contributed by atoms with E-state index in [1.807, 2.05) is 36.4 Å². The molecule has 0 aromatic heterocycles. The van der Waals surface area contributed by atoms with Crippen molar-refractivity contribution in [1.29, 1.82) is 0 Å². The Bertz CT molecular complexity index is 1310. The van der Waals surface area contributed by atoms with Gasteiger partial charge in [-0.1, -0.05) is 24.3 Å². The van der Waals surface area contributed by atoms with E-state index in [4.69, 9.17) is 18.9 Å². The van der Waals surface area contributed by atoms with Crippen molar-refractivity contribution in [1.82, 2.24) is 5.32 Å². The van der Waals surface area contributed by atoms with Crippen LogP contribution in [-0.4, -0.2) is 45.2 Å². The minimum absolute atomic E-state index is 0.143. The Kier molecular flexibility index (Phi) is 8.20. The molecule has 38 heavy (non-hydrogen) atoms. The summed E-state index contributed by atoms with van der Waals surface area (Å²) in [5, 5.41) is 3.31. The van der Waals surface area contributed by atoms with Crippen molar-refractivity contribution >= 4 is 17.7 Å². The summed E-state index contributed by atoms with van der Waals surface area (Å²) in [7, 11) is 3.13. The third kappa shape index (κ3) is 5.03. The maximum absolute atomic E-state index is 14.3. The number of dihydropyridines is 1. The van der Waals surface area contributed by atoms with Gasteiger partial charge < -0.3 is 24.3 Å². The standard InChI is InChI=1S/C30H33NO7/c1-6-37-29(33)24-17(3)31-23-16-22(18-10-8-12-20(14-18)35-4)26(30(34)38-7-2)28(32)27(23)25(24)19-11-9-13-21(15-19)36-5/h8-15,22,25-26,31H,6-7,16H2,1-5H3/t22-,25+,26-/m1/s1. The second-order valence-corrected chi connectivity index (χ2v) is 9.17. The number of carbonyl (C=O) groups excluding carboxylic acids is 3. The summed E-state index contributed by atoms with van der Waals surface area (Å²) in [4.78, 5) is 40.9. The highest BCUT2D eigenvalue weighted by molar-refractivity contribution is 6.13. The number of carbonyl (C=O) groups is 3. The average molecular weight is 520 g/mol. The van der Waals surface area contributed by atoms with Gasteiger partial charge in [0.15, 0.2) is 5.78 Å². The van der Waals surface area contributed by atoms with E-state index in [1.54, 1.807) is 47.1 Å². The first-order chi connectivity index (χ1) is 18.3. The zero-order valence-electron chi connectivity index (χ0n) is 22.3. The Morgan fingerprint density at radius 1 is 0.921 bits per heavy atom. The summed E-state index contributed by atoms with van der Waals surface area (Å²) < 4.78 is 21.6. The van der Waals surface area contributed by atoms with Gasteiger partial charge >= 0.3 is 11.9 Å². The van der Waals surface area contributed by atoms with Gasteiger partial charge in [-0.2, -0.15) is 0 Å². The Balaban J connectivity index is 1.91. The first-order valence-corrected chi connectivity index (χ1v) is 12.7. The second-order valence-electron chi connectivity index (χ2n) is 9.17. The minimum Gasteiger partial charge on any atom is -0.497 e. The molecule has 2 aliphatic rings. The third-order valence-electron chi connectivity index (χ3n) is 7.00. The van der Waals surface area contributed by atoms with Crippen LogP contribution in [0.2, 0.25) is 0 Å². The molecule has 200 valence electrons. The van der Waals surface area contributed by atoms with Crippen molar-refractivity contribution in [2.45, 2.75) is 39.0 Å². The van der Waals surface area contributed by atoms with Crippen LogP contribution < -0.4 is 14.8 Å². The van der Waals surface area contributed by atoms with Crippen LogP contribution in [0.1, 0.15) is 50.2 Å². The molecule has 0 fully saturated rings. The summed E-state index contributed by atoms with van der Waals surface area (Å²) >= 11 is 0. The summed E-state index contributed by atoms with van der Waals surface area (Å²) in [5.74, 6) is -2.59. The molecule has 1 heterocycles. The van der Waals surface area contributed by atoms with Crippen LogP contribution in [0.3, 0.4) is 0 Å². The summed E-state index contributed by atoms with van der Waals surface area (Å²) in [6, 6.07) is 14.6. The predicted octanol–water partition coefficient (Wildman–Crippen LogP) is 4.42. The molecule has 0 spiro atoms. The lowest BCUT2D eigenvalue weighted by molar-refractivity contribution is -0.152. The molecule has 0 unspecified atom stereocenters. The van der Waals surface area contributed by atoms with Crippen molar-refractivity contribution in [3.63, 3.8) is 0 Å². The fraction of sp³-hybridized carbons (Fsp3) is 0.367. The highest BCUT2D eigenvalue weighted by Gasteiger charge is 2.49. The van der Waals surface area contributed by atoms with E-state index < -0.39 is 29.7 Å². The first-order valence-electron chi connectivity index (χ1n) is 12.7. The van der Waals surface area contributed by atoms with Gasteiger partial charge in [0.2, 0.25) is 0 Å². The van der Waals surface area contributed by atoms with Crippen molar-refractivity contribution in [3.05, 3.63) is 82.2 Å². The topological polar surface area (TPSA) is 100 Å².